The van der Waals surface area contributed by atoms with Crippen LogP contribution in [0.4, 0.5) is 0 Å². The van der Waals surface area contributed by atoms with E-state index in [1.54, 1.807) is 7.11 Å². The second-order valence-electron chi connectivity index (χ2n) is 4.41. The minimum atomic E-state index is -0.177. The van der Waals surface area contributed by atoms with E-state index in [0.717, 1.165) is 13.0 Å². The molecule has 0 bridgehead atoms. The lowest BCUT2D eigenvalue weighted by Gasteiger charge is -2.44. The minimum absolute atomic E-state index is 0.140. The van der Waals surface area contributed by atoms with E-state index in [2.05, 4.69) is 20.8 Å². The molecular formula is C12H24O3. The Kier molecular flexibility index (Phi) is 3.80. The van der Waals surface area contributed by atoms with Crippen LogP contribution >= 0.6 is 0 Å². The first kappa shape index (κ1) is 12.9. The fourth-order valence-corrected chi connectivity index (χ4v) is 2.53. The predicted octanol–water partition coefficient (Wildman–Crippen LogP) is 2.38. The molecule has 4 atom stereocenters. The van der Waals surface area contributed by atoms with Crippen molar-refractivity contribution in [3.63, 3.8) is 0 Å². The van der Waals surface area contributed by atoms with Gasteiger partial charge in [-0.3, -0.25) is 0 Å². The van der Waals surface area contributed by atoms with E-state index in [0.29, 0.717) is 0 Å². The summed E-state index contributed by atoms with van der Waals surface area (Å²) in [6.07, 6.45) is 1.31. The van der Waals surface area contributed by atoms with Crippen molar-refractivity contribution in [1.82, 2.24) is 0 Å². The maximum atomic E-state index is 5.76. The highest BCUT2D eigenvalue weighted by Gasteiger charge is 2.66. The van der Waals surface area contributed by atoms with Gasteiger partial charge in [-0.25, -0.2) is 0 Å². The van der Waals surface area contributed by atoms with Crippen LogP contribution in [0.2, 0.25) is 0 Å². The normalized spacial score (nSPS) is 48.4. The van der Waals surface area contributed by atoms with E-state index in [1.807, 2.05) is 13.8 Å². The minimum Gasteiger partial charge on any atom is -0.375 e. The molecule has 3 heteroatoms. The molecule has 0 radical (unpaired) electrons. The van der Waals surface area contributed by atoms with Gasteiger partial charge in [0.15, 0.2) is 0 Å². The van der Waals surface area contributed by atoms with Gasteiger partial charge in [0, 0.05) is 13.5 Å². The summed E-state index contributed by atoms with van der Waals surface area (Å²) in [5, 5.41) is 0. The molecule has 3 nitrogen and oxygen atoms in total. The fraction of sp³-hybridized carbons (Fsp3) is 1.00. The lowest BCUT2D eigenvalue weighted by atomic mass is 9.78. The zero-order chi connectivity index (χ0) is 11.7. The molecule has 2 aliphatic rings. The van der Waals surface area contributed by atoms with Crippen molar-refractivity contribution in [2.24, 2.45) is 0 Å². The third-order valence-electron chi connectivity index (χ3n) is 3.57. The molecule has 0 N–H and O–H groups in total. The molecule has 15 heavy (non-hydrogen) atoms. The van der Waals surface area contributed by atoms with E-state index in [9.17, 15) is 0 Å². The summed E-state index contributed by atoms with van der Waals surface area (Å²) in [5.74, 6) is 0. The topological polar surface area (TPSA) is 31.0 Å². The molecule has 0 aromatic carbocycles. The van der Waals surface area contributed by atoms with Crippen molar-refractivity contribution in [1.29, 1.82) is 0 Å². The number of epoxide rings is 1. The third-order valence-corrected chi connectivity index (χ3v) is 3.57. The molecule has 2 aliphatic heterocycles. The largest absolute Gasteiger partial charge is 0.375 e. The smallest absolute Gasteiger partial charge is 0.146 e. The number of methoxy groups -OCH3 is 1. The summed E-state index contributed by atoms with van der Waals surface area (Å²) in [6, 6.07) is 0. The highest BCUT2D eigenvalue weighted by Crippen LogP contribution is 2.50. The number of ether oxygens (including phenoxy) is 3. The van der Waals surface area contributed by atoms with Crippen LogP contribution in [-0.2, 0) is 14.2 Å². The Balaban J connectivity index is 0.000000531. The van der Waals surface area contributed by atoms with Gasteiger partial charge in [-0.1, -0.05) is 13.8 Å². The Hall–Kier alpha value is -0.120. The van der Waals surface area contributed by atoms with Crippen LogP contribution in [0.15, 0.2) is 0 Å². The summed E-state index contributed by atoms with van der Waals surface area (Å²) in [4.78, 5) is 0. The number of hydrogen-bond acceptors (Lipinski definition) is 3. The van der Waals surface area contributed by atoms with Crippen LogP contribution in [0.25, 0.3) is 0 Å². The summed E-state index contributed by atoms with van der Waals surface area (Å²) < 4.78 is 16.9. The first-order valence-corrected chi connectivity index (χ1v) is 5.89. The van der Waals surface area contributed by atoms with E-state index in [1.165, 1.54) is 0 Å². The summed E-state index contributed by atoms with van der Waals surface area (Å²) in [6.45, 7) is 11.0. The SMILES string of the molecule is CC.COC1(C)CC(C)OC(C)C12CO2. The maximum absolute atomic E-state index is 5.76. The molecule has 0 aromatic heterocycles. The molecule has 2 heterocycles. The van der Waals surface area contributed by atoms with Gasteiger partial charge in [0.05, 0.1) is 18.8 Å². The van der Waals surface area contributed by atoms with Crippen LogP contribution in [0, 0.1) is 0 Å². The maximum Gasteiger partial charge on any atom is 0.146 e. The molecule has 2 fully saturated rings. The standard InChI is InChI=1S/C10H18O3.C2H6/c1-7-5-9(3,11-4)10(6-12-10)8(2)13-7;1-2/h7-8H,5-6H2,1-4H3;1-2H3. The van der Waals surface area contributed by atoms with Crippen molar-refractivity contribution in [2.75, 3.05) is 13.7 Å². The monoisotopic (exact) mass is 216 g/mol. The van der Waals surface area contributed by atoms with Gasteiger partial charge in [0.2, 0.25) is 0 Å². The van der Waals surface area contributed by atoms with E-state index >= 15 is 0 Å². The quantitative estimate of drug-likeness (QED) is 0.631. The summed E-state index contributed by atoms with van der Waals surface area (Å²) >= 11 is 0. The number of rotatable bonds is 1. The van der Waals surface area contributed by atoms with Crippen molar-refractivity contribution in [2.45, 2.75) is 64.4 Å². The third kappa shape index (κ3) is 1.93. The zero-order valence-corrected chi connectivity index (χ0v) is 10.8. The highest BCUT2D eigenvalue weighted by molar-refractivity contribution is 5.14. The van der Waals surface area contributed by atoms with Gasteiger partial charge in [0.25, 0.3) is 0 Å². The molecule has 90 valence electrons. The van der Waals surface area contributed by atoms with Crippen LogP contribution < -0.4 is 0 Å². The molecule has 0 aromatic rings. The lowest BCUT2D eigenvalue weighted by Crippen LogP contribution is -2.58. The molecule has 2 rings (SSSR count). The van der Waals surface area contributed by atoms with E-state index in [-0.39, 0.29) is 23.4 Å². The van der Waals surface area contributed by atoms with Gasteiger partial charge in [-0.15, -0.1) is 0 Å². The summed E-state index contributed by atoms with van der Waals surface area (Å²) in [7, 11) is 1.76. The van der Waals surface area contributed by atoms with Gasteiger partial charge < -0.3 is 14.2 Å². The Labute approximate surface area is 93.1 Å². The van der Waals surface area contributed by atoms with Crippen LogP contribution in [-0.4, -0.2) is 37.1 Å². The highest BCUT2D eigenvalue weighted by atomic mass is 16.7. The summed E-state index contributed by atoms with van der Waals surface area (Å²) in [5.41, 5.74) is -0.349. The first-order chi connectivity index (χ1) is 7.04. The predicted molar refractivity (Wildman–Crippen MR) is 60.1 cm³/mol. The van der Waals surface area contributed by atoms with Gasteiger partial charge >= 0.3 is 0 Å². The van der Waals surface area contributed by atoms with Crippen molar-refractivity contribution < 1.29 is 14.2 Å². The molecular weight excluding hydrogens is 192 g/mol. The van der Waals surface area contributed by atoms with Crippen LogP contribution in [0.3, 0.4) is 0 Å². The Morgan fingerprint density at radius 2 is 1.80 bits per heavy atom. The number of hydrogen-bond donors (Lipinski definition) is 0. The van der Waals surface area contributed by atoms with E-state index < -0.39 is 0 Å². The van der Waals surface area contributed by atoms with Crippen molar-refractivity contribution >= 4 is 0 Å². The second-order valence-corrected chi connectivity index (χ2v) is 4.41. The zero-order valence-electron chi connectivity index (χ0n) is 10.8. The fourth-order valence-electron chi connectivity index (χ4n) is 2.53. The first-order valence-electron chi connectivity index (χ1n) is 5.89. The van der Waals surface area contributed by atoms with Gasteiger partial charge in [-0.05, 0) is 20.8 Å². The Morgan fingerprint density at radius 3 is 2.20 bits per heavy atom. The average Bonchev–Trinajstić information content (AvgIpc) is 2.99. The molecule has 0 amide bonds. The second kappa shape index (κ2) is 4.40. The van der Waals surface area contributed by atoms with Crippen molar-refractivity contribution in [3.8, 4) is 0 Å². The molecule has 1 spiro atoms. The molecule has 0 saturated carbocycles. The lowest BCUT2D eigenvalue weighted by molar-refractivity contribution is -0.190. The Bertz CT molecular complexity index is 213. The van der Waals surface area contributed by atoms with Crippen molar-refractivity contribution in [3.05, 3.63) is 0 Å². The van der Waals surface area contributed by atoms with Crippen LogP contribution in [0.5, 0.6) is 0 Å². The van der Waals surface area contributed by atoms with E-state index in [4.69, 9.17) is 14.2 Å². The van der Waals surface area contributed by atoms with Gasteiger partial charge in [-0.2, -0.15) is 0 Å². The van der Waals surface area contributed by atoms with Gasteiger partial charge in [0.1, 0.15) is 11.2 Å². The average molecular weight is 216 g/mol. The Morgan fingerprint density at radius 1 is 1.27 bits per heavy atom. The van der Waals surface area contributed by atoms with Crippen LogP contribution in [0.1, 0.15) is 41.0 Å². The molecule has 2 saturated heterocycles. The molecule has 4 unspecified atom stereocenters. The molecule has 0 aliphatic carbocycles.